The minimum Gasteiger partial charge on any atom is -0.305 e. The summed E-state index contributed by atoms with van der Waals surface area (Å²) in [5.41, 5.74) is 3.79. The SMILES string of the molecule is CCCNC(c1csc(C)n1)c1ccccc1C. The molecule has 96 valence electrons. The summed E-state index contributed by atoms with van der Waals surface area (Å²) in [5.74, 6) is 0. The van der Waals surface area contributed by atoms with E-state index in [9.17, 15) is 0 Å². The minimum absolute atomic E-state index is 0.219. The normalized spacial score (nSPS) is 12.6. The van der Waals surface area contributed by atoms with Crippen molar-refractivity contribution in [2.24, 2.45) is 0 Å². The fourth-order valence-corrected chi connectivity index (χ4v) is 2.72. The number of aromatic nitrogens is 1. The molecule has 1 unspecified atom stereocenters. The quantitative estimate of drug-likeness (QED) is 0.883. The number of nitrogens with one attached hydrogen (secondary N) is 1. The Morgan fingerprint density at radius 1 is 1.28 bits per heavy atom. The molecule has 0 saturated carbocycles. The zero-order chi connectivity index (χ0) is 13.0. The van der Waals surface area contributed by atoms with Crippen LogP contribution in [-0.2, 0) is 0 Å². The molecule has 1 aromatic carbocycles. The van der Waals surface area contributed by atoms with Gasteiger partial charge in [0.05, 0.1) is 16.7 Å². The Bertz CT molecular complexity index is 505. The Hall–Kier alpha value is -1.19. The van der Waals surface area contributed by atoms with Gasteiger partial charge in [-0.15, -0.1) is 11.3 Å². The van der Waals surface area contributed by atoms with Crippen molar-refractivity contribution in [2.75, 3.05) is 6.54 Å². The van der Waals surface area contributed by atoms with Crippen molar-refractivity contribution >= 4 is 11.3 Å². The molecule has 0 amide bonds. The van der Waals surface area contributed by atoms with E-state index in [1.807, 2.05) is 0 Å². The van der Waals surface area contributed by atoms with E-state index in [1.165, 1.54) is 11.1 Å². The third-order valence-corrected chi connectivity index (χ3v) is 3.82. The maximum Gasteiger partial charge on any atom is 0.0898 e. The second kappa shape index (κ2) is 6.12. The molecule has 0 aliphatic heterocycles. The number of aryl methyl sites for hydroxylation is 2. The van der Waals surface area contributed by atoms with Crippen LogP contribution in [0.1, 0.15) is 41.2 Å². The third-order valence-electron chi connectivity index (χ3n) is 3.03. The van der Waals surface area contributed by atoms with E-state index in [4.69, 9.17) is 0 Å². The Balaban J connectivity index is 2.33. The van der Waals surface area contributed by atoms with Gasteiger partial charge in [-0.3, -0.25) is 0 Å². The molecular weight excluding hydrogens is 240 g/mol. The highest BCUT2D eigenvalue weighted by atomic mass is 32.1. The van der Waals surface area contributed by atoms with Crippen molar-refractivity contribution in [3.8, 4) is 0 Å². The maximum atomic E-state index is 4.64. The summed E-state index contributed by atoms with van der Waals surface area (Å²) in [7, 11) is 0. The van der Waals surface area contributed by atoms with Gasteiger partial charge >= 0.3 is 0 Å². The van der Waals surface area contributed by atoms with Crippen LogP contribution in [0.25, 0.3) is 0 Å². The van der Waals surface area contributed by atoms with Crippen LogP contribution >= 0.6 is 11.3 Å². The molecule has 0 fully saturated rings. The molecular formula is C15H20N2S. The van der Waals surface area contributed by atoms with Crippen molar-refractivity contribution < 1.29 is 0 Å². The standard InChI is InChI=1S/C15H20N2S/c1-4-9-16-15(14-10-18-12(3)17-14)13-8-6-5-7-11(13)2/h5-8,10,15-16H,4,9H2,1-3H3. The summed E-state index contributed by atoms with van der Waals surface area (Å²) in [5, 5.41) is 6.89. The van der Waals surface area contributed by atoms with Gasteiger partial charge in [-0.1, -0.05) is 31.2 Å². The molecule has 0 saturated heterocycles. The molecule has 2 rings (SSSR count). The molecule has 0 radical (unpaired) electrons. The van der Waals surface area contributed by atoms with Crippen molar-refractivity contribution in [2.45, 2.75) is 33.2 Å². The van der Waals surface area contributed by atoms with E-state index in [-0.39, 0.29) is 6.04 Å². The van der Waals surface area contributed by atoms with E-state index in [0.717, 1.165) is 23.7 Å². The van der Waals surface area contributed by atoms with Crippen LogP contribution in [-0.4, -0.2) is 11.5 Å². The highest BCUT2D eigenvalue weighted by Crippen LogP contribution is 2.25. The van der Waals surface area contributed by atoms with Crippen LogP contribution in [0.4, 0.5) is 0 Å². The molecule has 0 aliphatic rings. The number of thiazole rings is 1. The van der Waals surface area contributed by atoms with Crippen LogP contribution in [0.3, 0.4) is 0 Å². The van der Waals surface area contributed by atoms with Crippen molar-refractivity contribution in [3.63, 3.8) is 0 Å². The first-order chi connectivity index (χ1) is 8.72. The molecule has 2 nitrogen and oxygen atoms in total. The summed E-state index contributed by atoms with van der Waals surface area (Å²) in [6.45, 7) is 7.42. The van der Waals surface area contributed by atoms with E-state index in [1.54, 1.807) is 11.3 Å². The second-order valence-electron chi connectivity index (χ2n) is 4.54. The van der Waals surface area contributed by atoms with Crippen LogP contribution in [0.15, 0.2) is 29.6 Å². The molecule has 0 spiro atoms. The van der Waals surface area contributed by atoms with Gasteiger partial charge < -0.3 is 5.32 Å². The third kappa shape index (κ3) is 2.98. The highest BCUT2D eigenvalue weighted by molar-refractivity contribution is 7.09. The Labute approximate surface area is 113 Å². The van der Waals surface area contributed by atoms with Gasteiger partial charge in [0.2, 0.25) is 0 Å². The topological polar surface area (TPSA) is 24.9 Å². The largest absolute Gasteiger partial charge is 0.305 e. The summed E-state index contributed by atoms with van der Waals surface area (Å²) in [4.78, 5) is 4.64. The summed E-state index contributed by atoms with van der Waals surface area (Å²) in [6.07, 6.45) is 1.13. The first-order valence-corrected chi connectivity index (χ1v) is 7.31. The van der Waals surface area contributed by atoms with Crippen LogP contribution < -0.4 is 5.32 Å². The zero-order valence-corrected chi connectivity index (χ0v) is 12.1. The minimum atomic E-state index is 0.219. The van der Waals surface area contributed by atoms with E-state index < -0.39 is 0 Å². The number of hydrogen-bond acceptors (Lipinski definition) is 3. The lowest BCUT2D eigenvalue weighted by molar-refractivity contribution is 0.586. The predicted octanol–water partition coefficient (Wildman–Crippen LogP) is 3.85. The van der Waals surface area contributed by atoms with Gasteiger partial charge in [0.1, 0.15) is 0 Å². The maximum absolute atomic E-state index is 4.64. The van der Waals surface area contributed by atoms with Crippen LogP contribution in [0, 0.1) is 13.8 Å². The van der Waals surface area contributed by atoms with Gasteiger partial charge in [-0.05, 0) is 37.9 Å². The summed E-state index contributed by atoms with van der Waals surface area (Å²) in [6, 6.07) is 8.76. The average Bonchev–Trinajstić information content (AvgIpc) is 2.78. The predicted molar refractivity (Wildman–Crippen MR) is 78.2 cm³/mol. The van der Waals surface area contributed by atoms with Crippen LogP contribution in [0.5, 0.6) is 0 Å². The molecule has 0 bridgehead atoms. The van der Waals surface area contributed by atoms with Crippen molar-refractivity contribution in [1.29, 1.82) is 0 Å². The lowest BCUT2D eigenvalue weighted by atomic mass is 9.99. The molecule has 1 atom stereocenters. The van der Waals surface area contributed by atoms with E-state index >= 15 is 0 Å². The van der Waals surface area contributed by atoms with Gasteiger partial charge in [0, 0.05) is 5.38 Å². The molecule has 1 N–H and O–H groups in total. The molecule has 0 aliphatic carbocycles. The smallest absolute Gasteiger partial charge is 0.0898 e. The van der Waals surface area contributed by atoms with Crippen molar-refractivity contribution in [1.82, 2.24) is 10.3 Å². The fraction of sp³-hybridized carbons (Fsp3) is 0.400. The number of hydrogen-bond donors (Lipinski definition) is 1. The van der Waals surface area contributed by atoms with Gasteiger partial charge in [0.25, 0.3) is 0 Å². The van der Waals surface area contributed by atoms with Gasteiger partial charge in [-0.2, -0.15) is 0 Å². The van der Waals surface area contributed by atoms with E-state index in [0.29, 0.717) is 0 Å². The summed E-state index contributed by atoms with van der Waals surface area (Å²) >= 11 is 1.72. The van der Waals surface area contributed by atoms with Gasteiger partial charge in [-0.25, -0.2) is 4.98 Å². The molecule has 2 aromatic rings. The summed E-state index contributed by atoms with van der Waals surface area (Å²) < 4.78 is 0. The highest BCUT2D eigenvalue weighted by Gasteiger charge is 2.17. The van der Waals surface area contributed by atoms with Crippen molar-refractivity contribution in [3.05, 3.63) is 51.5 Å². The molecule has 3 heteroatoms. The first-order valence-electron chi connectivity index (χ1n) is 6.43. The Morgan fingerprint density at radius 2 is 2.06 bits per heavy atom. The molecule has 18 heavy (non-hydrogen) atoms. The zero-order valence-electron chi connectivity index (χ0n) is 11.2. The average molecular weight is 260 g/mol. The fourth-order valence-electron chi connectivity index (χ4n) is 2.09. The molecule has 1 aromatic heterocycles. The van der Waals surface area contributed by atoms with E-state index in [2.05, 4.69) is 60.7 Å². The first kappa shape index (κ1) is 13.2. The van der Waals surface area contributed by atoms with Gasteiger partial charge in [0.15, 0.2) is 0 Å². The van der Waals surface area contributed by atoms with Crippen LogP contribution in [0.2, 0.25) is 0 Å². The number of nitrogens with zero attached hydrogens (tertiary/aromatic N) is 1. The lowest BCUT2D eigenvalue weighted by Crippen LogP contribution is -2.24. The second-order valence-corrected chi connectivity index (χ2v) is 5.60. The monoisotopic (exact) mass is 260 g/mol. The molecule has 1 heterocycles. The number of rotatable bonds is 5. The lowest BCUT2D eigenvalue weighted by Gasteiger charge is -2.19. The Morgan fingerprint density at radius 3 is 2.67 bits per heavy atom. The Kier molecular flexibility index (Phi) is 4.50. The number of benzene rings is 1.